The van der Waals surface area contributed by atoms with Crippen LogP contribution in [0.2, 0.25) is 0 Å². The minimum Gasteiger partial charge on any atom is -0.457 e. The zero-order valence-electron chi connectivity index (χ0n) is 16.6. The van der Waals surface area contributed by atoms with Crippen LogP contribution in [0.5, 0.6) is 0 Å². The van der Waals surface area contributed by atoms with Gasteiger partial charge in [0.05, 0.1) is 17.8 Å². The largest absolute Gasteiger partial charge is 0.457 e. The lowest BCUT2D eigenvalue weighted by atomic mass is 10.1. The second-order valence-corrected chi connectivity index (χ2v) is 7.79. The predicted molar refractivity (Wildman–Crippen MR) is 110 cm³/mol. The Labute approximate surface area is 177 Å². The van der Waals surface area contributed by atoms with E-state index in [0.717, 1.165) is 16.0 Å². The number of benzene rings is 1. The normalized spacial score (nSPS) is 10.6. The molecule has 30 heavy (non-hydrogen) atoms. The number of aromatic nitrogens is 2. The summed E-state index contributed by atoms with van der Waals surface area (Å²) in [7, 11) is 0. The number of rotatable bonds is 9. The molecular weight excluding hydrogens is 406 g/mol. The quantitative estimate of drug-likeness (QED) is 0.412. The fraction of sp³-hybridized carbons (Fsp3) is 0.286. The summed E-state index contributed by atoms with van der Waals surface area (Å²) in [5, 5.41) is 10.6. The molecule has 3 rings (SSSR count). The molecule has 156 valence electrons. The molecule has 1 N–H and O–H groups in total. The Morgan fingerprint density at radius 3 is 2.60 bits per heavy atom. The third kappa shape index (κ3) is 6.08. The van der Waals surface area contributed by atoms with Gasteiger partial charge in [-0.1, -0.05) is 17.7 Å². The zero-order valence-corrected chi connectivity index (χ0v) is 17.5. The van der Waals surface area contributed by atoms with E-state index in [1.807, 2.05) is 31.2 Å². The molecule has 0 aliphatic heterocycles. The number of esters is 1. The van der Waals surface area contributed by atoms with Crippen LogP contribution >= 0.6 is 11.3 Å². The molecule has 0 bridgehead atoms. The molecule has 0 aliphatic rings. The highest BCUT2D eigenvalue weighted by Crippen LogP contribution is 2.19. The van der Waals surface area contributed by atoms with Gasteiger partial charge in [-0.3, -0.25) is 14.4 Å². The molecule has 2 aromatic heterocycles. The minimum atomic E-state index is -0.520. The van der Waals surface area contributed by atoms with E-state index >= 15 is 0 Å². The summed E-state index contributed by atoms with van der Waals surface area (Å²) in [6.07, 6.45) is 0.257. The van der Waals surface area contributed by atoms with Gasteiger partial charge in [0.25, 0.3) is 0 Å². The predicted octanol–water partition coefficient (Wildman–Crippen LogP) is 3.10. The first-order valence-corrected chi connectivity index (χ1v) is 10.1. The molecule has 9 heteroatoms. The molecule has 0 saturated heterocycles. The maximum absolute atomic E-state index is 12.2. The van der Waals surface area contributed by atoms with Gasteiger partial charge in [-0.25, -0.2) is 0 Å². The molecule has 0 unspecified atom stereocenters. The van der Waals surface area contributed by atoms with Gasteiger partial charge in [0.2, 0.25) is 23.5 Å². The third-order valence-electron chi connectivity index (χ3n) is 4.12. The average molecular weight is 427 g/mol. The molecule has 0 fully saturated rings. The number of nitrogens with one attached hydrogen (secondary N) is 1. The number of ether oxygens (including phenoxy) is 1. The van der Waals surface area contributed by atoms with Gasteiger partial charge in [-0.2, -0.15) is 0 Å². The Kier molecular flexibility index (Phi) is 7.08. The van der Waals surface area contributed by atoms with Crippen molar-refractivity contribution >= 4 is 29.0 Å². The number of hydrogen-bond donors (Lipinski definition) is 1. The third-order valence-corrected chi connectivity index (χ3v) is 5.25. The molecule has 0 aliphatic carbocycles. The van der Waals surface area contributed by atoms with Gasteiger partial charge in [0.15, 0.2) is 6.61 Å². The van der Waals surface area contributed by atoms with Crippen LogP contribution in [0.4, 0.5) is 0 Å². The zero-order chi connectivity index (χ0) is 21.5. The highest BCUT2D eigenvalue weighted by Gasteiger charge is 2.15. The van der Waals surface area contributed by atoms with Crippen LogP contribution in [0, 0.1) is 6.92 Å². The number of carbonyl (C=O) groups is 3. The summed E-state index contributed by atoms with van der Waals surface area (Å²) < 4.78 is 10.6. The number of Topliss-reactive ketones (excluding diaryl/α,β-unsaturated/α-hetero) is 1. The second kappa shape index (κ2) is 9.93. The van der Waals surface area contributed by atoms with Crippen molar-refractivity contribution in [3.8, 4) is 11.5 Å². The summed E-state index contributed by atoms with van der Waals surface area (Å²) in [6, 6.07) is 11.1. The van der Waals surface area contributed by atoms with Crippen molar-refractivity contribution < 1.29 is 23.5 Å². The number of aryl methyl sites for hydroxylation is 2. The number of thiophene rings is 1. The maximum Gasteiger partial charge on any atom is 0.306 e. The highest BCUT2D eigenvalue weighted by atomic mass is 32.1. The second-order valence-electron chi connectivity index (χ2n) is 6.63. The molecule has 0 saturated carbocycles. The van der Waals surface area contributed by atoms with E-state index in [1.165, 1.54) is 18.3 Å². The number of amides is 1. The fourth-order valence-electron chi connectivity index (χ4n) is 2.50. The first-order chi connectivity index (χ1) is 14.4. The molecule has 2 heterocycles. The van der Waals surface area contributed by atoms with Crippen LogP contribution in [0.25, 0.3) is 11.5 Å². The summed E-state index contributed by atoms with van der Waals surface area (Å²) in [5.41, 5.74) is 1.93. The van der Waals surface area contributed by atoms with Crippen molar-refractivity contribution in [1.29, 1.82) is 0 Å². The van der Waals surface area contributed by atoms with E-state index in [9.17, 15) is 14.4 Å². The molecular formula is C21H21N3O5S. The van der Waals surface area contributed by atoms with Gasteiger partial charge < -0.3 is 14.5 Å². The fourth-order valence-corrected chi connectivity index (χ4v) is 3.37. The first-order valence-electron chi connectivity index (χ1n) is 9.32. The molecule has 1 amide bonds. The Balaban J connectivity index is 1.43. The first kappa shape index (κ1) is 21.4. The summed E-state index contributed by atoms with van der Waals surface area (Å²) >= 11 is 1.26. The van der Waals surface area contributed by atoms with Crippen molar-refractivity contribution in [3.05, 3.63) is 57.6 Å². The summed E-state index contributed by atoms with van der Waals surface area (Å²) in [6.45, 7) is 3.44. The average Bonchev–Trinajstić information content (AvgIpc) is 3.39. The van der Waals surface area contributed by atoms with Gasteiger partial charge >= 0.3 is 5.97 Å². The van der Waals surface area contributed by atoms with Crippen LogP contribution in [0.1, 0.15) is 39.3 Å². The van der Waals surface area contributed by atoms with E-state index in [1.54, 1.807) is 12.1 Å². The monoisotopic (exact) mass is 427 g/mol. The van der Waals surface area contributed by atoms with Crippen molar-refractivity contribution in [2.45, 2.75) is 33.2 Å². The van der Waals surface area contributed by atoms with E-state index in [0.29, 0.717) is 23.2 Å². The lowest BCUT2D eigenvalue weighted by Crippen LogP contribution is -2.18. The van der Waals surface area contributed by atoms with Crippen LogP contribution < -0.4 is 5.32 Å². The Bertz CT molecular complexity index is 1040. The van der Waals surface area contributed by atoms with E-state index in [-0.39, 0.29) is 31.1 Å². The van der Waals surface area contributed by atoms with Gasteiger partial charge in [0, 0.05) is 23.8 Å². The molecule has 0 spiro atoms. The van der Waals surface area contributed by atoms with Crippen LogP contribution in [-0.4, -0.2) is 34.5 Å². The molecule has 1 aromatic carbocycles. The number of ketones is 1. The molecule has 3 aromatic rings. The van der Waals surface area contributed by atoms with Crippen molar-refractivity contribution in [3.63, 3.8) is 0 Å². The minimum absolute atomic E-state index is 0.0288. The van der Waals surface area contributed by atoms with Crippen LogP contribution in [0.3, 0.4) is 0 Å². The number of carbonyl (C=O) groups excluding carboxylic acids is 3. The van der Waals surface area contributed by atoms with E-state index in [2.05, 4.69) is 15.5 Å². The van der Waals surface area contributed by atoms with Gasteiger partial charge in [-0.15, -0.1) is 21.5 Å². The molecule has 0 atom stereocenters. The topological polar surface area (TPSA) is 111 Å². The molecule has 0 radical (unpaired) electrons. The Morgan fingerprint density at radius 1 is 1.10 bits per heavy atom. The van der Waals surface area contributed by atoms with Crippen LogP contribution in [-0.2, 0) is 27.3 Å². The lowest BCUT2D eigenvalue weighted by Gasteiger charge is -2.02. The molecule has 8 nitrogen and oxygen atoms in total. The number of hydrogen-bond acceptors (Lipinski definition) is 8. The lowest BCUT2D eigenvalue weighted by molar-refractivity contribution is -0.142. The van der Waals surface area contributed by atoms with Gasteiger partial charge in [-0.05, 0) is 31.2 Å². The van der Waals surface area contributed by atoms with Crippen molar-refractivity contribution in [2.24, 2.45) is 0 Å². The smallest absolute Gasteiger partial charge is 0.306 e. The maximum atomic E-state index is 12.2. The van der Waals surface area contributed by atoms with Crippen LogP contribution in [0.15, 0.2) is 40.8 Å². The van der Waals surface area contributed by atoms with Gasteiger partial charge in [0.1, 0.15) is 0 Å². The standard InChI is InChI=1S/C21H21N3O5S/c1-13-3-5-15(6-4-13)21-24-23-19(29-21)9-10-20(27)28-12-17(26)18-8-7-16(30-18)11-22-14(2)25/h3-8H,9-12H2,1-2H3,(H,22,25). The Hall–Kier alpha value is -3.33. The summed E-state index contributed by atoms with van der Waals surface area (Å²) in [4.78, 5) is 36.4. The highest BCUT2D eigenvalue weighted by molar-refractivity contribution is 7.14. The van der Waals surface area contributed by atoms with E-state index in [4.69, 9.17) is 9.15 Å². The van der Waals surface area contributed by atoms with Crippen molar-refractivity contribution in [1.82, 2.24) is 15.5 Å². The SMILES string of the molecule is CC(=O)NCc1ccc(C(=O)COC(=O)CCc2nnc(-c3ccc(C)cc3)o2)s1. The number of nitrogens with zero attached hydrogens (tertiary/aromatic N) is 2. The van der Waals surface area contributed by atoms with E-state index < -0.39 is 5.97 Å². The summed E-state index contributed by atoms with van der Waals surface area (Å²) in [5.74, 6) is -0.233. The Morgan fingerprint density at radius 2 is 1.87 bits per heavy atom. The van der Waals surface area contributed by atoms with Crippen molar-refractivity contribution in [2.75, 3.05) is 6.61 Å².